The zero-order valence-corrected chi connectivity index (χ0v) is 39.2. The largest absolute Gasteiger partial charge is 0.478 e. The topological polar surface area (TPSA) is 167 Å². The number of halogens is 10. The Morgan fingerprint density at radius 1 is 0.680 bits per heavy atom. The van der Waals surface area contributed by atoms with Crippen molar-refractivity contribution in [2.75, 3.05) is 23.7 Å². The highest BCUT2D eigenvalue weighted by Crippen LogP contribution is 2.37. The molecule has 0 atom stereocenters. The van der Waals surface area contributed by atoms with Crippen molar-refractivity contribution in [3.05, 3.63) is 155 Å². The molecule has 4 N–H and O–H groups in total. The number of aromatic carboxylic acids is 1. The minimum atomic E-state index is -4.39. The Balaban J connectivity index is 0.000000201. The maximum absolute atomic E-state index is 14.3. The summed E-state index contributed by atoms with van der Waals surface area (Å²) >= 11 is 0. The van der Waals surface area contributed by atoms with Gasteiger partial charge in [-0.15, -0.1) is 0 Å². The second-order valence-corrected chi connectivity index (χ2v) is 17.3. The van der Waals surface area contributed by atoms with Crippen molar-refractivity contribution in [1.29, 1.82) is 5.26 Å². The molecule has 4 aromatic heterocycles. The van der Waals surface area contributed by atoms with E-state index in [0.29, 0.717) is 52.0 Å². The van der Waals surface area contributed by atoms with Crippen LogP contribution in [0.3, 0.4) is 0 Å². The van der Waals surface area contributed by atoms with Crippen molar-refractivity contribution in [3.8, 4) is 51.6 Å². The molecular weight excluding hydrogens is 1010 g/mol. The van der Waals surface area contributed by atoms with E-state index in [1.165, 1.54) is 71.7 Å². The molecule has 1 fully saturated rings. The first-order valence-electron chi connectivity index (χ1n) is 22.6. The lowest BCUT2D eigenvalue weighted by Crippen LogP contribution is -2.35. The number of aromatic nitrogens is 4. The molecule has 0 aliphatic heterocycles. The van der Waals surface area contributed by atoms with E-state index in [1.807, 2.05) is 0 Å². The average molecular weight is 1050 g/mol. The first-order valence-corrected chi connectivity index (χ1v) is 22.6. The Kier molecular flexibility index (Phi) is 14.7. The predicted octanol–water partition coefficient (Wildman–Crippen LogP) is 13.0. The van der Waals surface area contributed by atoms with E-state index in [0.717, 1.165) is 12.1 Å². The van der Waals surface area contributed by atoms with Gasteiger partial charge in [-0.2, -0.15) is 40.4 Å². The number of nitriles is 1. The summed E-state index contributed by atoms with van der Waals surface area (Å²) in [6, 6.07) is 21.3. The summed E-state index contributed by atoms with van der Waals surface area (Å²) in [5.41, 5.74) is 3.86. The zero-order valence-electron chi connectivity index (χ0n) is 39.2. The molecule has 0 radical (unpaired) electrons. The van der Waals surface area contributed by atoms with Gasteiger partial charge in [-0.3, -0.25) is 13.6 Å². The molecule has 1 saturated carbocycles. The molecule has 4 heterocycles. The number of carbonyl (C=O) groups is 2. The monoisotopic (exact) mass is 1050 g/mol. The van der Waals surface area contributed by atoms with E-state index in [4.69, 9.17) is 9.47 Å². The number of imidazole rings is 2. The van der Waals surface area contributed by atoms with Gasteiger partial charge in [0.25, 0.3) is 5.91 Å². The number of nitrogens with zero attached hydrogens (tertiary/aromatic N) is 5. The number of rotatable bonds is 15. The van der Waals surface area contributed by atoms with E-state index in [-0.39, 0.29) is 45.6 Å². The van der Waals surface area contributed by atoms with Crippen LogP contribution in [0, 0.1) is 48.4 Å². The number of carbonyl (C=O) groups excluding carboxylic acids is 1. The Labute approximate surface area is 419 Å². The highest BCUT2D eigenvalue weighted by molar-refractivity contribution is 5.97. The summed E-state index contributed by atoms with van der Waals surface area (Å²) in [7, 11) is 0. The molecule has 0 bridgehead atoms. The smallest absolute Gasteiger partial charge is 0.390 e. The number of fused-ring (bicyclic) bond motifs is 2. The number of alkyl halides is 6. The van der Waals surface area contributed by atoms with Crippen LogP contribution < -0.4 is 25.4 Å². The maximum Gasteiger partial charge on any atom is 0.390 e. The van der Waals surface area contributed by atoms with E-state index in [2.05, 4.69) is 32.0 Å². The second kappa shape index (κ2) is 21.0. The van der Waals surface area contributed by atoms with Crippen LogP contribution in [0.15, 0.2) is 110 Å². The summed E-state index contributed by atoms with van der Waals surface area (Å²) in [6.07, 6.45) is -3.94. The van der Waals surface area contributed by atoms with Crippen LogP contribution >= 0.6 is 0 Å². The van der Waals surface area contributed by atoms with Gasteiger partial charge in [0.1, 0.15) is 17.0 Å². The molecule has 0 saturated heterocycles. The van der Waals surface area contributed by atoms with Crippen LogP contribution in [-0.2, 0) is 0 Å². The van der Waals surface area contributed by atoms with E-state index in [1.54, 1.807) is 48.6 Å². The summed E-state index contributed by atoms with van der Waals surface area (Å²) < 4.78 is 146. The highest BCUT2D eigenvalue weighted by Gasteiger charge is 2.45. The Bertz CT molecular complexity index is 3530. The van der Waals surface area contributed by atoms with Gasteiger partial charge in [0.05, 0.1) is 72.0 Å². The van der Waals surface area contributed by atoms with Crippen molar-refractivity contribution >= 4 is 34.5 Å². The molecule has 13 nitrogen and oxygen atoms in total. The zero-order chi connectivity index (χ0) is 54.0. The Morgan fingerprint density at radius 2 is 1.12 bits per heavy atom. The fraction of sp³-hybridized carbons (Fsp3) is 0.212. The normalized spacial score (nSPS) is 12.9. The molecular formula is C52H40F10N8O5. The molecule has 23 heteroatoms. The van der Waals surface area contributed by atoms with Crippen LogP contribution in [0.4, 0.5) is 55.3 Å². The molecule has 0 unspecified atom stereocenters. The molecule has 8 aromatic rings. The van der Waals surface area contributed by atoms with Crippen molar-refractivity contribution in [2.45, 2.75) is 57.4 Å². The standard InChI is InChI=1S/C28H22F5N5O2.C24H18F5N3O3/c1-16-11-17(5-6-19(16)26(39)37-27(15-34)7-8-27)22-13-36-25-21(35-10-9-28(31,32)33)12-18(14-38(22)25)40-23-4-2-3-20(29)24(23)30;1-13-9-14(5-6-16(13)23(33)34)19-11-31-22-18(30-8-7-24(27,28)29)10-15(12-32(19)22)35-20-4-2-3-17(25)21(20)26/h2-6,11-14,35H,7-10H2,1H3,(H,37,39);2-6,9-12,30H,7-8H2,1H3,(H,33,34). The van der Waals surface area contributed by atoms with Crippen molar-refractivity contribution < 1.29 is 68.1 Å². The minimum absolute atomic E-state index is 0.00892. The van der Waals surface area contributed by atoms with Crippen molar-refractivity contribution in [2.24, 2.45) is 0 Å². The number of carboxylic acid groups (broad SMARTS) is 1. The first kappa shape index (κ1) is 52.5. The molecule has 75 heavy (non-hydrogen) atoms. The summed E-state index contributed by atoms with van der Waals surface area (Å²) in [5, 5.41) is 26.7. The van der Waals surface area contributed by atoms with Crippen molar-refractivity contribution in [3.63, 3.8) is 0 Å². The molecule has 4 aromatic carbocycles. The number of pyridine rings is 2. The number of nitrogens with one attached hydrogen (secondary N) is 3. The van der Waals surface area contributed by atoms with E-state index >= 15 is 0 Å². The number of amides is 1. The molecule has 1 aliphatic carbocycles. The number of hydrogen-bond acceptors (Lipinski definition) is 9. The lowest BCUT2D eigenvalue weighted by Gasteiger charge is -2.15. The number of anilines is 2. The van der Waals surface area contributed by atoms with E-state index in [9.17, 15) is 63.9 Å². The van der Waals surface area contributed by atoms with Crippen LogP contribution in [0.5, 0.6) is 23.0 Å². The maximum atomic E-state index is 14.3. The SMILES string of the molecule is Cc1cc(-c2cnc3c(NCCC(F)(F)F)cc(Oc4cccc(F)c4F)cn23)ccc1C(=O)NC1(C#N)CC1.Cc1cc(-c2cnc3c(NCCC(F)(F)F)cc(Oc4cccc(F)c4F)cn23)ccc1C(=O)O. The molecule has 0 spiro atoms. The third kappa shape index (κ3) is 12.2. The van der Waals surface area contributed by atoms with Crippen molar-refractivity contribution in [1.82, 2.24) is 24.1 Å². The van der Waals surface area contributed by atoms with Gasteiger partial charge in [-0.1, -0.05) is 24.3 Å². The number of aryl methyl sites for hydroxylation is 2. The minimum Gasteiger partial charge on any atom is -0.478 e. The van der Waals surface area contributed by atoms with Crippen LogP contribution in [-0.4, -0.2) is 66.7 Å². The van der Waals surface area contributed by atoms with Gasteiger partial charge in [-0.25, -0.2) is 23.5 Å². The molecule has 1 amide bonds. The summed E-state index contributed by atoms with van der Waals surface area (Å²) in [5.74, 6) is -6.91. The number of ether oxygens (including phenoxy) is 2. The highest BCUT2D eigenvalue weighted by atomic mass is 19.4. The number of hydrogen-bond donors (Lipinski definition) is 4. The molecule has 9 rings (SSSR count). The quantitative estimate of drug-likeness (QED) is 0.0726. The molecule has 388 valence electrons. The third-order valence-electron chi connectivity index (χ3n) is 11.7. The first-order chi connectivity index (χ1) is 35.5. The Hall–Kier alpha value is -8.81. The van der Waals surface area contributed by atoms with Gasteiger partial charge in [-0.05, 0) is 86.3 Å². The average Bonchev–Trinajstić information content (AvgIpc) is 3.76. The summed E-state index contributed by atoms with van der Waals surface area (Å²) in [4.78, 5) is 32.7. The van der Waals surface area contributed by atoms with Gasteiger partial charge >= 0.3 is 18.3 Å². The van der Waals surface area contributed by atoms with Crippen LogP contribution in [0.2, 0.25) is 0 Å². The van der Waals surface area contributed by atoms with Gasteiger partial charge in [0.15, 0.2) is 34.4 Å². The predicted molar refractivity (Wildman–Crippen MR) is 254 cm³/mol. The lowest BCUT2D eigenvalue weighted by atomic mass is 10.0. The second-order valence-electron chi connectivity index (χ2n) is 17.3. The molecule has 1 aliphatic rings. The lowest BCUT2D eigenvalue weighted by molar-refractivity contribution is -0.132. The number of carboxylic acids is 1. The van der Waals surface area contributed by atoms with Gasteiger partial charge < -0.3 is 30.5 Å². The number of benzene rings is 4. The van der Waals surface area contributed by atoms with Gasteiger partial charge in [0, 0.05) is 41.9 Å². The van der Waals surface area contributed by atoms with E-state index < -0.39 is 84.6 Å². The fourth-order valence-corrected chi connectivity index (χ4v) is 7.80. The Morgan fingerprint density at radius 3 is 1.51 bits per heavy atom. The van der Waals surface area contributed by atoms with Crippen LogP contribution in [0.1, 0.15) is 57.5 Å². The fourth-order valence-electron chi connectivity index (χ4n) is 7.80. The van der Waals surface area contributed by atoms with Crippen LogP contribution in [0.25, 0.3) is 33.8 Å². The summed E-state index contributed by atoms with van der Waals surface area (Å²) in [6.45, 7) is 2.46. The third-order valence-corrected chi connectivity index (χ3v) is 11.7. The van der Waals surface area contributed by atoms with Gasteiger partial charge in [0.2, 0.25) is 11.6 Å².